The molecule has 1 aromatic rings. The van der Waals surface area contributed by atoms with Crippen LogP contribution in [0.15, 0.2) is 18.3 Å². The Morgan fingerprint density at radius 1 is 1.65 bits per heavy atom. The van der Waals surface area contributed by atoms with E-state index in [1.54, 1.807) is 6.20 Å². The normalized spacial score (nSPS) is 24.7. The smallest absolute Gasteiger partial charge is 0.138 e. The molecule has 1 saturated heterocycles. The number of hydrogen-bond donors (Lipinski definition) is 2. The van der Waals surface area contributed by atoms with Crippen LogP contribution in [-0.4, -0.2) is 34.3 Å². The molecule has 0 bridgehead atoms. The largest absolute Gasteiger partial charge is 0.391 e. The lowest BCUT2D eigenvalue weighted by Gasteiger charge is -2.35. The van der Waals surface area contributed by atoms with Crippen LogP contribution in [0.5, 0.6) is 0 Å². The summed E-state index contributed by atoms with van der Waals surface area (Å²) in [6.07, 6.45) is 2.36. The highest BCUT2D eigenvalue weighted by Crippen LogP contribution is 2.24. The van der Waals surface area contributed by atoms with Gasteiger partial charge in [0.05, 0.1) is 11.7 Å². The number of aliphatic hydroxyl groups excluding tert-OH is 1. The third-order valence-corrected chi connectivity index (χ3v) is 3.49. The van der Waals surface area contributed by atoms with Gasteiger partial charge in [-0.25, -0.2) is 4.98 Å². The van der Waals surface area contributed by atoms with E-state index in [1.807, 2.05) is 12.1 Å². The van der Waals surface area contributed by atoms with Crippen LogP contribution in [0.3, 0.4) is 0 Å². The van der Waals surface area contributed by atoms with Crippen LogP contribution in [0.1, 0.15) is 18.9 Å². The van der Waals surface area contributed by atoms with Gasteiger partial charge in [-0.3, -0.25) is 0 Å². The first-order valence-electron chi connectivity index (χ1n) is 5.77. The Hall–Kier alpha value is -1.20. The van der Waals surface area contributed by atoms with E-state index in [4.69, 9.17) is 18.0 Å². The van der Waals surface area contributed by atoms with Crippen LogP contribution >= 0.6 is 12.2 Å². The SMILES string of the molecule is CC1CCN(c2ncccc2C(N)=S)CC1O. The first-order chi connectivity index (χ1) is 8.09. The highest BCUT2D eigenvalue weighted by atomic mass is 32.1. The molecule has 3 N–H and O–H groups in total. The highest BCUT2D eigenvalue weighted by molar-refractivity contribution is 7.80. The summed E-state index contributed by atoms with van der Waals surface area (Å²) in [7, 11) is 0. The van der Waals surface area contributed by atoms with Crippen molar-refractivity contribution < 1.29 is 5.11 Å². The third-order valence-electron chi connectivity index (χ3n) is 3.27. The Kier molecular flexibility index (Phi) is 3.59. The van der Waals surface area contributed by atoms with Crippen molar-refractivity contribution in [1.29, 1.82) is 0 Å². The molecule has 0 radical (unpaired) electrons. The van der Waals surface area contributed by atoms with Crippen LogP contribution in [0.4, 0.5) is 5.82 Å². The van der Waals surface area contributed by atoms with Crippen LogP contribution in [-0.2, 0) is 0 Å². The second-order valence-electron chi connectivity index (χ2n) is 4.52. The van der Waals surface area contributed by atoms with Gasteiger partial charge in [-0.05, 0) is 24.5 Å². The number of anilines is 1. The van der Waals surface area contributed by atoms with Crippen LogP contribution < -0.4 is 10.6 Å². The number of β-amino-alcohol motifs (C(OH)–C–C–N with tert-alkyl or cyclic N) is 1. The molecule has 0 amide bonds. The number of aromatic nitrogens is 1. The molecule has 5 heteroatoms. The maximum Gasteiger partial charge on any atom is 0.138 e. The topological polar surface area (TPSA) is 62.4 Å². The quantitative estimate of drug-likeness (QED) is 0.765. The van der Waals surface area contributed by atoms with E-state index < -0.39 is 0 Å². The molecule has 0 aromatic carbocycles. The van der Waals surface area contributed by atoms with Gasteiger partial charge in [-0.15, -0.1) is 0 Å². The van der Waals surface area contributed by atoms with Gasteiger partial charge in [0, 0.05) is 19.3 Å². The summed E-state index contributed by atoms with van der Waals surface area (Å²) in [5.41, 5.74) is 6.47. The average molecular weight is 251 g/mol. The molecule has 2 atom stereocenters. The van der Waals surface area contributed by atoms with E-state index in [-0.39, 0.29) is 6.10 Å². The summed E-state index contributed by atoms with van der Waals surface area (Å²) in [6.45, 7) is 3.54. The zero-order valence-corrected chi connectivity index (χ0v) is 10.7. The lowest BCUT2D eigenvalue weighted by molar-refractivity contribution is 0.102. The van der Waals surface area contributed by atoms with Crippen molar-refractivity contribution in [2.45, 2.75) is 19.4 Å². The minimum absolute atomic E-state index is 0.315. The lowest BCUT2D eigenvalue weighted by atomic mass is 9.96. The Labute approximate surface area is 106 Å². The molecule has 2 unspecified atom stereocenters. The molecule has 17 heavy (non-hydrogen) atoms. The molecule has 0 spiro atoms. The number of nitrogens with zero attached hydrogens (tertiary/aromatic N) is 2. The summed E-state index contributed by atoms with van der Waals surface area (Å²) >= 11 is 5.02. The third kappa shape index (κ3) is 2.56. The number of nitrogens with two attached hydrogens (primary N) is 1. The molecule has 2 heterocycles. The van der Waals surface area contributed by atoms with Crippen molar-refractivity contribution in [3.63, 3.8) is 0 Å². The van der Waals surface area contributed by atoms with Crippen molar-refractivity contribution >= 4 is 23.0 Å². The Bertz CT molecular complexity index is 424. The van der Waals surface area contributed by atoms with Crippen molar-refractivity contribution in [3.05, 3.63) is 23.9 Å². The first kappa shape index (κ1) is 12.3. The Balaban J connectivity index is 2.25. The molecule has 92 valence electrons. The first-order valence-corrected chi connectivity index (χ1v) is 6.18. The number of hydrogen-bond acceptors (Lipinski definition) is 4. The number of rotatable bonds is 2. The minimum atomic E-state index is -0.315. The standard InChI is InChI=1S/C12H17N3OS/c1-8-4-6-15(7-10(8)16)12-9(11(13)17)3-2-5-14-12/h2-3,5,8,10,16H,4,6-7H2,1H3,(H2,13,17). The molecule has 1 fully saturated rings. The molecule has 1 aliphatic rings. The molecule has 4 nitrogen and oxygen atoms in total. The van der Waals surface area contributed by atoms with E-state index in [0.717, 1.165) is 24.3 Å². The summed E-state index contributed by atoms with van der Waals surface area (Å²) < 4.78 is 0. The molecule has 0 saturated carbocycles. The monoisotopic (exact) mass is 251 g/mol. The van der Waals surface area contributed by atoms with Gasteiger partial charge < -0.3 is 15.7 Å². The van der Waals surface area contributed by atoms with Crippen molar-refractivity contribution in [3.8, 4) is 0 Å². The Morgan fingerprint density at radius 3 is 3.06 bits per heavy atom. The molecular weight excluding hydrogens is 234 g/mol. The van der Waals surface area contributed by atoms with Crippen LogP contribution in [0, 0.1) is 5.92 Å². The minimum Gasteiger partial charge on any atom is -0.391 e. The van der Waals surface area contributed by atoms with Gasteiger partial charge in [0.2, 0.25) is 0 Å². The molecule has 1 aromatic heterocycles. The molecule has 0 aliphatic carbocycles. The van der Waals surface area contributed by atoms with Crippen LogP contribution in [0.2, 0.25) is 0 Å². The van der Waals surface area contributed by atoms with E-state index in [2.05, 4.69) is 16.8 Å². The van der Waals surface area contributed by atoms with E-state index >= 15 is 0 Å². The van der Waals surface area contributed by atoms with Gasteiger partial charge in [0.25, 0.3) is 0 Å². The van der Waals surface area contributed by atoms with Gasteiger partial charge in [0.1, 0.15) is 10.8 Å². The molecular formula is C12H17N3OS. The number of pyridine rings is 1. The molecule has 1 aliphatic heterocycles. The molecule has 2 rings (SSSR count). The fraction of sp³-hybridized carbons (Fsp3) is 0.500. The number of thiocarbonyl (C=S) groups is 1. The van der Waals surface area contributed by atoms with E-state index in [9.17, 15) is 5.11 Å². The van der Waals surface area contributed by atoms with Crippen LogP contribution in [0.25, 0.3) is 0 Å². The number of piperidine rings is 1. The van der Waals surface area contributed by atoms with Crippen molar-refractivity contribution in [1.82, 2.24) is 4.98 Å². The predicted molar refractivity (Wildman–Crippen MR) is 72.1 cm³/mol. The van der Waals surface area contributed by atoms with E-state index in [1.165, 1.54) is 0 Å². The maximum atomic E-state index is 9.91. The number of aliphatic hydroxyl groups is 1. The van der Waals surface area contributed by atoms with Crippen molar-refractivity contribution in [2.75, 3.05) is 18.0 Å². The summed E-state index contributed by atoms with van der Waals surface area (Å²) in [4.78, 5) is 6.73. The second-order valence-corrected chi connectivity index (χ2v) is 4.96. The highest BCUT2D eigenvalue weighted by Gasteiger charge is 2.26. The fourth-order valence-corrected chi connectivity index (χ4v) is 2.24. The summed E-state index contributed by atoms with van der Waals surface area (Å²) in [5, 5.41) is 9.91. The Morgan fingerprint density at radius 2 is 2.41 bits per heavy atom. The summed E-state index contributed by atoms with van der Waals surface area (Å²) in [6, 6.07) is 3.69. The average Bonchev–Trinajstić information content (AvgIpc) is 2.32. The predicted octanol–water partition coefficient (Wildman–Crippen LogP) is 0.923. The lowest BCUT2D eigenvalue weighted by Crippen LogP contribution is -2.44. The maximum absolute atomic E-state index is 9.91. The zero-order chi connectivity index (χ0) is 12.4. The fourth-order valence-electron chi connectivity index (χ4n) is 2.08. The zero-order valence-electron chi connectivity index (χ0n) is 9.84. The van der Waals surface area contributed by atoms with Gasteiger partial charge in [0.15, 0.2) is 0 Å². The van der Waals surface area contributed by atoms with E-state index in [0.29, 0.717) is 17.5 Å². The second kappa shape index (κ2) is 4.98. The van der Waals surface area contributed by atoms with Gasteiger partial charge >= 0.3 is 0 Å². The van der Waals surface area contributed by atoms with Gasteiger partial charge in [-0.2, -0.15) is 0 Å². The summed E-state index contributed by atoms with van der Waals surface area (Å²) in [5.74, 6) is 1.12. The van der Waals surface area contributed by atoms with Gasteiger partial charge in [-0.1, -0.05) is 19.1 Å². The van der Waals surface area contributed by atoms with Crippen molar-refractivity contribution in [2.24, 2.45) is 11.7 Å².